The minimum atomic E-state index is -0.163. The van der Waals surface area contributed by atoms with E-state index < -0.39 is 0 Å². The average molecular weight is 387 g/mol. The fraction of sp³-hybridized carbons (Fsp3) is 0.500. The number of aliphatic hydroxyl groups excluding tert-OH is 1. The van der Waals surface area contributed by atoms with Gasteiger partial charge in [0.25, 0.3) is 0 Å². The van der Waals surface area contributed by atoms with Gasteiger partial charge in [0, 0.05) is 10.7 Å². The van der Waals surface area contributed by atoms with Gasteiger partial charge in [0.15, 0.2) is 0 Å². The van der Waals surface area contributed by atoms with E-state index in [4.69, 9.17) is 0 Å². The summed E-state index contributed by atoms with van der Waals surface area (Å²) in [4.78, 5) is 0. The second-order valence-electron chi connectivity index (χ2n) is 8.97. The maximum Gasteiger partial charge on any atom is 0.122 e. The summed E-state index contributed by atoms with van der Waals surface area (Å²) in [5, 5.41) is 21.8. The molecular weight excluding hydrogens is 351 g/mol. The molecule has 0 fully saturated rings. The number of hydrogen-bond acceptors (Lipinski definition) is 2. The molecule has 0 heterocycles. The predicted molar refractivity (Wildman–Crippen MR) is 119 cm³/mol. The summed E-state index contributed by atoms with van der Waals surface area (Å²) in [6, 6.07) is 10.7. The summed E-state index contributed by atoms with van der Waals surface area (Å²) >= 11 is 0. The molecule has 0 saturated carbocycles. The van der Waals surface area contributed by atoms with Crippen LogP contribution in [0.2, 0.25) is 0 Å². The lowest BCUT2D eigenvalue weighted by Gasteiger charge is -2.34. The van der Waals surface area contributed by atoms with Gasteiger partial charge in [-0.2, -0.15) is 0 Å². The molecule has 3 heteroatoms. The van der Waals surface area contributed by atoms with Crippen LogP contribution >= 0.6 is 8.58 Å². The largest absolute Gasteiger partial charge is 0.507 e. The maximum atomic E-state index is 11.0. The molecule has 2 atom stereocenters. The SMILES string of the molecule is CCC[C@@](C)(Pc1ccc(C)cc1CO)c1cc(C(C)(C)C)cc(C)c1O. The molecule has 0 saturated heterocycles. The molecular formula is C24H35O2P. The topological polar surface area (TPSA) is 40.5 Å². The molecule has 2 aromatic carbocycles. The van der Waals surface area contributed by atoms with Crippen LogP contribution in [0.1, 0.15) is 75.3 Å². The highest BCUT2D eigenvalue weighted by molar-refractivity contribution is 7.48. The van der Waals surface area contributed by atoms with Gasteiger partial charge < -0.3 is 10.2 Å². The third-order valence-corrected chi connectivity index (χ3v) is 7.18. The Morgan fingerprint density at radius 3 is 2.22 bits per heavy atom. The highest BCUT2D eigenvalue weighted by Crippen LogP contribution is 2.50. The molecule has 2 nitrogen and oxygen atoms in total. The number of rotatable bonds is 6. The summed E-state index contributed by atoms with van der Waals surface area (Å²) in [6.07, 6.45) is 2.03. The second-order valence-corrected chi connectivity index (χ2v) is 10.9. The van der Waals surface area contributed by atoms with Gasteiger partial charge in [0.2, 0.25) is 0 Å². The highest BCUT2D eigenvalue weighted by Gasteiger charge is 2.32. The van der Waals surface area contributed by atoms with Gasteiger partial charge in [-0.1, -0.05) is 85.5 Å². The Hall–Kier alpha value is -1.37. The molecule has 0 amide bonds. The lowest BCUT2D eigenvalue weighted by molar-refractivity contribution is 0.283. The molecule has 2 N–H and O–H groups in total. The molecule has 148 valence electrons. The first-order valence-electron chi connectivity index (χ1n) is 9.85. The van der Waals surface area contributed by atoms with Crippen LogP contribution in [0.15, 0.2) is 30.3 Å². The van der Waals surface area contributed by atoms with Crippen molar-refractivity contribution in [1.29, 1.82) is 0 Å². The number of aromatic hydroxyl groups is 1. The van der Waals surface area contributed by atoms with Crippen LogP contribution in [0, 0.1) is 13.8 Å². The minimum absolute atomic E-state index is 0.0313. The standard InChI is InChI=1S/C24H35O2P/c1-8-11-24(7,27-21-10-9-16(2)12-18(21)15-25)20-14-19(23(4,5)6)13-17(3)22(20)26/h9-10,12-14,25-27H,8,11,15H2,1-7H3/t24-/m1/s1. The van der Waals surface area contributed by atoms with Crippen molar-refractivity contribution in [2.75, 3.05) is 0 Å². The molecule has 0 spiro atoms. The van der Waals surface area contributed by atoms with E-state index in [-0.39, 0.29) is 17.2 Å². The lowest BCUT2D eigenvalue weighted by atomic mass is 9.82. The van der Waals surface area contributed by atoms with Crippen LogP contribution in [-0.4, -0.2) is 10.2 Å². The monoisotopic (exact) mass is 386 g/mol. The first-order chi connectivity index (χ1) is 12.5. The van der Waals surface area contributed by atoms with Gasteiger partial charge in [-0.15, -0.1) is 0 Å². The lowest BCUT2D eigenvalue weighted by Crippen LogP contribution is -2.23. The summed E-state index contributed by atoms with van der Waals surface area (Å²) in [6.45, 7) is 15.2. The van der Waals surface area contributed by atoms with E-state index in [2.05, 4.69) is 71.9 Å². The Morgan fingerprint density at radius 2 is 1.67 bits per heavy atom. The third kappa shape index (κ3) is 4.92. The van der Waals surface area contributed by atoms with E-state index >= 15 is 0 Å². The maximum absolute atomic E-state index is 11.0. The minimum Gasteiger partial charge on any atom is -0.507 e. The second kappa shape index (κ2) is 8.33. The fourth-order valence-electron chi connectivity index (χ4n) is 3.67. The van der Waals surface area contributed by atoms with Crippen molar-refractivity contribution in [2.24, 2.45) is 0 Å². The molecule has 2 rings (SSSR count). The van der Waals surface area contributed by atoms with E-state index in [9.17, 15) is 10.2 Å². The predicted octanol–water partition coefficient (Wildman–Crippen LogP) is 5.82. The Balaban J connectivity index is 2.61. The molecule has 0 bridgehead atoms. The molecule has 27 heavy (non-hydrogen) atoms. The van der Waals surface area contributed by atoms with Gasteiger partial charge in [-0.3, -0.25) is 0 Å². The van der Waals surface area contributed by atoms with Crippen LogP contribution in [0.5, 0.6) is 5.75 Å². The van der Waals surface area contributed by atoms with Crippen molar-refractivity contribution in [3.8, 4) is 5.75 Å². The van der Waals surface area contributed by atoms with Crippen molar-refractivity contribution in [1.82, 2.24) is 0 Å². The van der Waals surface area contributed by atoms with Gasteiger partial charge >= 0.3 is 0 Å². The van der Waals surface area contributed by atoms with Crippen LogP contribution in [-0.2, 0) is 17.2 Å². The van der Waals surface area contributed by atoms with Crippen molar-refractivity contribution in [2.45, 2.75) is 78.5 Å². The summed E-state index contributed by atoms with van der Waals surface area (Å²) in [5.41, 5.74) is 5.43. The van der Waals surface area contributed by atoms with Crippen LogP contribution in [0.4, 0.5) is 0 Å². The first-order valence-corrected chi connectivity index (χ1v) is 10.8. The van der Waals surface area contributed by atoms with E-state index in [1.165, 1.54) is 16.4 Å². The highest BCUT2D eigenvalue weighted by atomic mass is 31.1. The number of benzene rings is 2. The fourth-order valence-corrected chi connectivity index (χ4v) is 5.44. The van der Waals surface area contributed by atoms with E-state index in [0.29, 0.717) is 14.3 Å². The molecule has 0 aliphatic heterocycles. The van der Waals surface area contributed by atoms with E-state index in [1.54, 1.807) is 0 Å². The smallest absolute Gasteiger partial charge is 0.122 e. The zero-order chi connectivity index (χ0) is 20.4. The van der Waals surface area contributed by atoms with Crippen LogP contribution < -0.4 is 5.30 Å². The van der Waals surface area contributed by atoms with Crippen molar-refractivity contribution in [3.63, 3.8) is 0 Å². The zero-order valence-corrected chi connectivity index (χ0v) is 18.9. The molecule has 0 aromatic heterocycles. The van der Waals surface area contributed by atoms with E-state index in [1.807, 2.05) is 6.92 Å². The number of aliphatic hydroxyl groups is 1. The number of hydrogen-bond donors (Lipinski definition) is 2. The van der Waals surface area contributed by atoms with Gasteiger partial charge in [0.05, 0.1) is 6.61 Å². The normalized spacial score (nSPS) is 14.7. The Morgan fingerprint density at radius 1 is 1.00 bits per heavy atom. The van der Waals surface area contributed by atoms with Crippen LogP contribution in [0.3, 0.4) is 0 Å². The average Bonchev–Trinajstić information content (AvgIpc) is 2.57. The summed E-state index contributed by atoms with van der Waals surface area (Å²) in [5.74, 6) is 0.420. The molecule has 0 aliphatic carbocycles. The molecule has 1 unspecified atom stereocenters. The quantitative estimate of drug-likeness (QED) is 0.614. The number of aryl methyl sites for hydroxylation is 2. The molecule has 0 radical (unpaired) electrons. The molecule has 2 aromatic rings. The summed E-state index contributed by atoms with van der Waals surface area (Å²) in [7, 11) is 0.487. The van der Waals surface area contributed by atoms with Crippen molar-refractivity contribution < 1.29 is 10.2 Å². The first kappa shape index (κ1) is 21.9. The number of phenolic OH excluding ortho intramolecular Hbond substituents is 1. The van der Waals surface area contributed by atoms with Crippen molar-refractivity contribution in [3.05, 3.63) is 58.1 Å². The van der Waals surface area contributed by atoms with Gasteiger partial charge in [-0.25, -0.2) is 0 Å². The van der Waals surface area contributed by atoms with Gasteiger partial charge in [0.1, 0.15) is 5.75 Å². The Labute approximate surface area is 166 Å². The number of phenols is 1. The molecule has 0 aliphatic rings. The Bertz CT molecular complexity index is 805. The van der Waals surface area contributed by atoms with Crippen LogP contribution in [0.25, 0.3) is 0 Å². The van der Waals surface area contributed by atoms with Gasteiger partial charge in [-0.05, 0) is 47.7 Å². The Kier molecular flexibility index (Phi) is 6.77. The van der Waals surface area contributed by atoms with E-state index in [0.717, 1.165) is 29.5 Å². The van der Waals surface area contributed by atoms with Crippen molar-refractivity contribution >= 4 is 13.9 Å². The third-order valence-electron chi connectivity index (χ3n) is 5.35. The summed E-state index contributed by atoms with van der Waals surface area (Å²) < 4.78 is 0. The zero-order valence-electron chi connectivity index (χ0n) is 17.9.